The normalized spacial score (nSPS) is 43.3. The Morgan fingerprint density at radius 3 is 2.33 bits per heavy atom. The average Bonchev–Trinajstić information content (AvgIpc) is 2.87. The Kier molecular flexibility index (Phi) is 5.20. The number of hydrogen-bond acceptors (Lipinski definition) is 3. The van der Waals surface area contributed by atoms with Crippen LogP contribution in [-0.4, -0.2) is 28.9 Å². The van der Waals surface area contributed by atoms with Gasteiger partial charge in [-0.05, 0) is 75.0 Å². The minimum Gasteiger partial charge on any atom is -0.322 e. The molecule has 0 aromatic rings. The van der Waals surface area contributed by atoms with E-state index in [0.717, 1.165) is 37.0 Å². The summed E-state index contributed by atoms with van der Waals surface area (Å²) in [5.74, 6) is 3.10. The highest BCUT2D eigenvalue weighted by Crippen LogP contribution is 2.46. The van der Waals surface area contributed by atoms with Crippen LogP contribution in [0.2, 0.25) is 0 Å². The van der Waals surface area contributed by atoms with Crippen molar-refractivity contribution in [3.05, 3.63) is 0 Å². The number of carbonyl (C=O) groups is 1. The molecule has 2 saturated carbocycles. The van der Waals surface area contributed by atoms with Crippen LogP contribution < -0.4 is 5.73 Å². The maximum Gasteiger partial charge on any atom is 0.241 e. The molecule has 0 radical (unpaired) electrons. The second-order valence-electron chi connectivity index (χ2n) is 8.81. The monoisotopic (exact) mass is 331 g/mol. The van der Waals surface area contributed by atoms with E-state index >= 15 is 0 Å². The van der Waals surface area contributed by atoms with Gasteiger partial charge < -0.3 is 10.6 Å². The van der Waals surface area contributed by atoms with Crippen LogP contribution in [-0.2, 0) is 4.79 Å². The zero-order valence-electron chi connectivity index (χ0n) is 15.4. The largest absolute Gasteiger partial charge is 0.322 e. The quantitative estimate of drug-likeness (QED) is 0.862. The third-order valence-electron chi connectivity index (χ3n) is 7.24. The third-order valence-corrected chi connectivity index (χ3v) is 7.24. The molecule has 4 heteroatoms. The van der Waals surface area contributed by atoms with Crippen LogP contribution in [0.15, 0.2) is 0 Å². The van der Waals surface area contributed by atoms with Crippen molar-refractivity contribution in [1.82, 2.24) is 4.90 Å². The lowest BCUT2D eigenvalue weighted by molar-refractivity contribution is -0.136. The average molecular weight is 332 g/mol. The molecular weight excluding hydrogens is 298 g/mol. The van der Waals surface area contributed by atoms with Crippen molar-refractivity contribution in [3.63, 3.8) is 0 Å². The summed E-state index contributed by atoms with van der Waals surface area (Å²) in [6.45, 7) is 6.49. The summed E-state index contributed by atoms with van der Waals surface area (Å²) in [6, 6.07) is 1.73. The molecule has 1 aliphatic heterocycles. The SMILES string of the molecule is CCC1CC2CC(C1)CC([C@H](N)C(=O)N1[C@H](C#N)C[C@H](C)[C@@H]1C)C2. The van der Waals surface area contributed by atoms with E-state index in [1.807, 2.05) is 0 Å². The van der Waals surface area contributed by atoms with Gasteiger partial charge in [0.15, 0.2) is 0 Å². The summed E-state index contributed by atoms with van der Waals surface area (Å²) in [7, 11) is 0. The number of likely N-dealkylation sites (tertiary alicyclic amines) is 1. The molecule has 3 rings (SSSR count). The molecule has 1 heterocycles. The van der Waals surface area contributed by atoms with E-state index in [9.17, 15) is 10.1 Å². The first-order valence-corrected chi connectivity index (χ1v) is 9.91. The Morgan fingerprint density at radius 1 is 1.17 bits per heavy atom. The summed E-state index contributed by atoms with van der Waals surface area (Å²) in [5, 5.41) is 9.42. The van der Waals surface area contributed by atoms with Crippen LogP contribution in [0.4, 0.5) is 0 Å². The van der Waals surface area contributed by atoms with Crippen molar-refractivity contribution >= 4 is 5.91 Å². The fourth-order valence-electron chi connectivity index (χ4n) is 5.73. The second kappa shape index (κ2) is 7.04. The van der Waals surface area contributed by atoms with Crippen molar-refractivity contribution in [1.29, 1.82) is 5.26 Å². The first-order chi connectivity index (χ1) is 11.4. The number of nitrogens with two attached hydrogens (primary N) is 1. The number of nitriles is 1. The van der Waals surface area contributed by atoms with Crippen LogP contribution in [0.5, 0.6) is 0 Å². The molecule has 1 amide bonds. The molecule has 3 fully saturated rings. The summed E-state index contributed by atoms with van der Waals surface area (Å²) in [5.41, 5.74) is 6.47. The smallest absolute Gasteiger partial charge is 0.241 e. The summed E-state index contributed by atoms with van der Waals surface area (Å²) < 4.78 is 0. The summed E-state index contributed by atoms with van der Waals surface area (Å²) >= 11 is 0. The molecule has 0 aromatic heterocycles. The van der Waals surface area contributed by atoms with Gasteiger partial charge in [0.2, 0.25) is 5.91 Å². The molecule has 2 bridgehead atoms. The number of rotatable bonds is 3. The van der Waals surface area contributed by atoms with Crippen LogP contribution in [0.1, 0.15) is 65.7 Å². The van der Waals surface area contributed by atoms with E-state index in [1.54, 1.807) is 4.90 Å². The van der Waals surface area contributed by atoms with Gasteiger partial charge in [0, 0.05) is 6.04 Å². The zero-order chi connectivity index (χ0) is 17.4. The Hall–Kier alpha value is -1.08. The highest BCUT2D eigenvalue weighted by molar-refractivity contribution is 5.83. The topological polar surface area (TPSA) is 70.1 Å². The lowest BCUT2D eigenvalue weighted by Crippen LogP contribution is -2.53. The Morgan fingerprint density at radius 2 is 1.79 bits per heavy atom. The molecule has 2 unspecified atom stereocenters. The number of amides is 1. The van der Waals surface area contributed by atoms with Crippen molar-refractivity contribution in [2.45, 2.75) is 83.8 Å². The second-order valence-corrected chi connectivity index (χ2v) is 8.81. The first kappa shape index (κ1) is 17.7. The van der Waals surface area contributed by atoms with Crippen LogP contribution in [0.25, 0.3) is 0 Å². The van der Waals surface area contributed by atoms with E-state index in [0.29, 0.717) is 11.8 Å². The minimum absolute atomic E-state index is 0.0235. The molecule has 0 aromatic carbocycles. The molecule has 2 N–H and O–H groups in total. The van der Waals surface area contributed by atoms with Crippen molar-refractivity contribution < 1.29 is 4.79 Å². The van der Waals surface area contributed by atoms with E-state index in [1.165, 1.54) is 25.7 Å². The predicted octanol–water partition coefficient (Wildman–Crippen LogP) is 3.32. The summed E-state index contributed by atoms with van der Waals surface area (Å²) in [4.78, 5) is 14.9. The molecule has 2 aliphatic carbocycles. The van der Waals surface area contributed by atoms with Gasteiger partial charge in [0.1, 0.15) is 6.04 Å². The van der Waals surface area contributed by atoms with Crippen molar-refractivity contribution in [2.75, 3.05) is 0 Å². The molecule has 3 aliphatic rings. The number of carbonyl (C=O) groups excluding carboxylic acids is 1. The lowest BCUT2D eigenvalue weighted by Gasteiger charge is -2.44. The first-order valence-electron chi connectivity index (χ1n) is 9.91. The fraction of sp³-hybridized carbons (Fsp3) is 0.900. The predicted molar refractivity (Wildman–Crippen MR) is 94.8 cm³/mol. The highest BCUT2D eigenvalue weighted by Gasteiger charge is 2.44. The van der Waals surface area contributed by atoms with Crippen molar-refractivity contribution in [3.8, 4) is 6.07 Å². The van der Waals surface area contributed by atoms with Gasteiger partial charge in [-0.25, -0.2) is 0 Å². The highest BCUT2D eigenvalue weighted by atomic mass is 16.2. The van der Waals surface area contributed by atoms with Gasteiger partial charge in [-0.1, -0.05) is 20.3 Å². The lowest BCUT2D eigenvalue weighted by atomic mass is 9.63. The van der Waals surface area contributed by atoms with Gasteiger partial charge in [0.05, 0.1) is 12.1 Å². The maximum absolute atomic E-state index is 13.1. The molecule has 6 atom stereocenters. The van der Waals surface area contributed by atoms with E-state index in [2.05, 4.69) is 26.8 Å². The van der Waals surface area contributed by atoms with Gasteiger partial charge in [0.25, 0.3) is 0 Å². The standard InChI is InChI=1S/C20H33N3O/c1-4-14-6-15-8-16(7-14)10-17(9-15)19(22)20(24)23-13(3)12(2)5-18(23)11-21/h12-19H,4-10,22H2,1-3H3/t12-,13-,14?,15?,16?,17?,18-,19-/m0/s1. The number of hydrogen-bond donors (Lipinski definition) is 1. The Bertz CT molecular complexity index is 500. The van der Waals surface area contributed by atoms with Crippen LogP contribution >= 0.6 is 0 Å². The van der Waals surface area contributed by atoms with E-state index in [-0.39, 0.29) is 18.0 Å². The van der Waals surface area contributed by atoms with Gasteiger partial charge in [-0.3, -0.25) is 4.79 Å². The molecule has 4 nitrogen and oxygen atoms in total. The van der Waals surface area contributed by atoms with Crippen molar-refractivity contribution in [2.24, 2.45) is 35.3 Å². The minimum atomic E-state index is -0.419. The molecule has 0 spiro atoms. The Balaban J connectivity index is 1.67. The van der Waals surface area contributed by atoms with Crippen LogP contribution in [0.3, 0.4) is 0 Å². The molecule has 134 valence electrons. The Labute approximate surface area is 146 Å². The van der Waals surface area contributed by atoms with Gasteiger partial charge in [-0.15, -0.1) is 0 Å². The van der Waals surface area contributed by atoms with E-state index < -0.39 is 6.04 Å². The van der Waals surface area contributed by atoms with E-state index in [4.69, 9.17) is 5.73 Å². The number of fused-ring (bicyclic) bond motifs is 2. The van der Waals surface area contributed by atoms with Gasteiger partial charge >= 0.3 is 0 Å². The zero-order valence-corrected chi connectivity index (χ0v) is 15.4. The third kappa shape index (κ3) is 3.20. The fourth-order valence-corrected chi connectivity index (χ4v) is 5.73. The molecular formula is C20H33N3O. The van der Waals surface area contributed by atoms with Gasteiger partial charge in [-0.2, -0.15) is 5.26 Å². The molecule has 24 heavy (non-hydrogen) atoms. The maximum atomic E-state index is 13.1. The number of nitrogens with zero attached hydrogens (tertiary/aromatic N) is 2. The van der Waals surface area contributed by atoms with Crippen LogP contribution in [0, 0.1) is 40.9 Å². The summed E-state index contributed by atoms with van der Waals surface area (Å²) in [6.07, 6.45) is 8.26. The molecule has 1 saturated heterocycles.